The Kier molecular flexibility index (Phi) is 8.55. The Morgan fingerprint density at radius 3 is 1.24 bits per heavy atom. The van der Waals surface area contributed by atoms with Crippen LogP contribution in [0.3, 0.4) is 0 Å². The van der Waals surface area contributed by atoms with E-state index in [1.54, 1.807) is 0 Å². The van der Waals surface area contributed by atoms with E-state index in [0.29, 0.717) is 0 Å². The Morgan fingerprint density at radius 2 is 0.672 bits per heavy atom. The van der Waals surface area contributed by atoms with Crippen LogP contribution in [-0.2, 0) is 18.7 Å². The summed E-state index contributed by atoms with van der Waals surface area (Å²) in [5.74, 6) is 0. The van der Waals surface area contributed by atoms with E-state index >= 15 is 0 Å². The molecule has 0 N–H and O–H groups in total. The highest BCUT2D eigenvalue weighted by Gasteiger charge is 2.47. The molecule has 0 spiro atoms. The molecule has 67 heavy (non-hydrogen) atoms. The van der Waals surface area contributed by atoms with Gasteiger partial charge in [-0.05, 0) is 118 Å². The third-order valence-electron chi connectivity index (χ3n) is 15.2. The lowest BCUT2D eigenvalue weighted by molar-refractivity contribution is 0.770. The van der Waals surface area contributed by atoms with Crippen LogP contribution in [0.2, 0.25) is 0 Å². The van der Waals surface area contributed by atoms with Crippen molar-refractivity contribution >= 4 is 78.6 Å². The molecule has 2 atom stereocenters. The van der Waals surface area contributed by atoms with Gasteiger partial charge in [0.05, 0.1) is 5.41 Å². The summed E-state index contributed by atoms with van der Waals surface area (Å²) < 4.78 is 0. The fourth-order valence-electron chi connectivity index (χ4n) is 12.5. The van der Waals surface area contributed by atoms with Crippen LogP contribution in [0.1, 0.15) is 22.3 Å². The van der Waals surface area contributed by atoms with Gasteiger partial charge in [-0.2, -0.15) is 0 Å². The zero-order valence-corrected chi connectivity index (χ0v) is 39.1. The maximum atomic E-state index is 2.56. The number of benzene rings is 11. The van der Waals surface area contributed by atoms with Crippen LogP contribution in [0.4, 0.5) is 0 Å². The van der Waals surface area contributed by atoms with Crippen molar-refractivity contribution in [3.63, 3.8) is 0 Å². The molecule has 0 saturated carbocycles. The first kappa shape index (κ1) is 38.8. The maximum absolute atomic E-state index is 2.56. The first-order valence-corrected chi connectivity index (χ1v) is 27.0. The van der Waals surface area contributed by atoms with Gasteiger partial charge in [-0.3, -0.25) is 0 Å². The molecular weight excluding hydrogens is 843 g/mol. The predicted molar refractivity (Wildman–Crippen MR) is 292 cm³/mol. The minimum atomic E-state index is -0.570. The number of fused-ring (bicyclic) bond motifs is 11. The zero-order chi connectivity index (χ0) is 44.4. The Labute approximate surface area is 392 Å². The lowest BCUT2D eigenvalue weighted by atomic mass is 9.65. The van der Waals surface area contributed by atoms with Crippen molar-refractivity contribution in [3.05, 3.63) is 253 Å². The fourth-order valence-corrected chi connectivity index (χ4v) is 16.5. The van der Waals surface area contributed by atoms with Crippen LogP contribution in [0.25, 0.3) is 108 Å². The van der Waals surface area contributed by atoms with Crippen molar-refractivity contribution < 1.29 is 0 Å². The van der Waals surface area contributed by atoms with Gasteiger partial charge in [0.1, 0.15) is 0 Å². The second-order valence-corrected chi connectivity index (χ2v) is 22.5. The average Bonchev–Trinajstić information content (AvgIpc) is 3.99. The Bertz CT molecular complexity index is 3950. The summed E-state index contributed by atoms with van der Waals surface area (Å²) >= 11 is 0. The zero-order valence-electron chi connectivity index (χ0n) is 37.3. The van der Waals surface area contributed by atoms with Crippen molar-refractivity contribution in [2.45, 2.75) is 5.41 Å². The summed E-state index contributed by atoms with van der Waals surface area (Å²) in [6.07, 6.45) is 0. The largest absolute Gasteiger partial charge is 0.112 e. The second-order valence-electron chi connectivity index (χ2n) is 18.4. The molecule has 2 aromatic heterocycles. The minimum Gasteiger partial charge on any atom is -0.112 e. The van der Waals surface area contributed by atoms with Gasteiger partial charge in [-0.15, -0.1) is 15.1 Å². The molecule has 0 saturated heterocycles. The summed E-state index contributed by atoms with van der Waals surface area (Å²) in [5, 5.41) is 16.5. The first-order chi connectivity index (χ1) is 33.1. The molecule has 1 aliphatic carbocycles. The van der Waals surface area contributed by atoms with E-state index in [0.717, 1.165) is 0 Å². The molecule has 1 aliphatic rings. The van der Waals surface area contributed by atoms with Crippen LogP contribution in [0, 0.1) is 0 Å². The molecule has 0 amide bonds. The van der Waals surface area contributed by atoms with E-state index in [4.69, 9.17) is 0 Å². The lowest BCUT2D eigenvalue weighted by Crippen LogP contribution is -2.29. The summed E-state index contributed by atoms with van der Waals surface area (Å²) in [7, 11) is -0.920. The van der Waals surface area contributed by atoms with Crippen molar-refractivity contribution in [2.75, 3.05) is 0 Å². The van der Waals surface area contributed by atoms with Gasteiger partial charge in [-0.1, -0.05) is 224 Å². The highest BCUT2D eigenvalue weighted by atomic mass is 31.1. The molecular formula is C65H44P2. The van der Waals surface area contributed by atoms with E-state index in [2.05, 4.69) is 244 Å². The third kappa shape index (κ3) is 5.32. The van der Waals surface area contributed by atoms with Gasteiger partial charge in [0.15, 0.2) is 0 Å². The molecule has 11 aromatic carbocycles. The molecule has 0 fully saturated rings. The lowest BCUT2D eigenvalue weighted by Gasteiger charge is -2.35. The predicted octanol–water partition coefficient (Wildman–Crippen LogP) is 19.0. The SMILES string of the molecule is Cp1c2ccccc2c2c(-c3cccc4c(-c5cccc6c5C(c5ccccc5)(c5ccccc5)c5ccccc5-6)c5cccc(-c6cccc7c6c6ccccc6p7C)c5cc34)cccc21. The Morgan fingerprint density at radius 1 is 0.284 bits per heavy atom. The van der Waals surface area contributed by atoms with Gasteiger partial charge in [0.2, 0.25) is 0 Å². The van der Waals surface area contributed by atoms with Crippen molar-refractivity contribution in [1.29, 1.82) is 0 Å². The maximum Gasteiger partial charge on any atom is 0.0719 e. The average molecular weight is 887 g/mol. The standard InChI is InChI=1S/C65H44P2/c1-66-57-36-13-10-25-51(57)62-46(31-18-38-59(62)66)43-27-15-29-48-54(43)40-55-44(47-32-19-39-60-63(47)52-26-11-14-37-58(52)67(60)2)28-16-30-49(55)61(48)53-34-17-33-50-45-24-9-12-35-56(45)65(64(50)53,41-20-5-3-6-21-41)42-22-7-4-8-23-42/h3-40H,1-2H3. The molecule has 2 heteroatoms. The van der Waals surface area contributed by atoms with Gasteiger partial charge in [-0.25, -0.2) is 0 Å². The third-order valence-corrected chi connectivity index (χ3v) is 19.7. The molecule has 0 nitrogen and oxygen atoms in total. The Balaban J connectivity index is 1.18. The molecule has 0 bridgehead atoms. The van der Waals surface area contributed by atoms with E-state index in [9.17, 15) is 0 Å². The van der Waals surface area contributed by atoms with E-state index < -0.39 is 20.5 Å². The second kappa shape index (κ2) is 14.8. The van der Waals surface area contributed by atoms with Gasteiger partial charge >= 0.3 is 0 Å². The molecule has 2 unspecified atom stereocenters. The van der Waals surface area contributed by atoms with Gasteiger partial charge in [0.25, 0.3) is 0 Å². The fraction of sp³-hybridized carbons (Fsp3) is 0.0462. The van der Waals surface area contributed by atoms with Crippen LogP contribution in [0.15, 0.2) is 231 Å². The summed E-state index contributed by atoms with van der Waals surface area (Å²) in [4.78, 5) is 0. The Hall–Kier alpha value is -7.46. The van der Waals surface area contributed by atoms with Crippen LogP contribution < -0.4 is 0 Å². The first-order valence-electron chi connectivity index (χ1n) is 23.4. The molecule has 2 heterocycles. The summed E-state index contributed by atoms with van der Waals surface area (Å²) in [6, 6.07) is 88.0. The number of hydrogen-bond acceptors (Lipinski definition) is 0. The topological polar surface area (TPSA) is 0 Å². The smallest absolute Gasteiger partial charge is 0.0719 e. The van der Waals surface area contributed by atoms with Gasteiger partial charge in [0, 0.05) is 31.2 Å². The van der Waals surface area contributed by atoms with Crippen LogP contribution in [0.5, 0.6) is 0 Å². The number of hydrogen-bond donors (Lipinski definition) is 0. The van der Waals surface area contributed by atoms with E-state index in [1.165, 1.54) is 130 Å². The molecule has 0 radical (unpaired) electrons. The quantitative estimate of drug-likeness (QED) is 0.151. The molecule has 0 aliphatic heterocycles. The number of rotatable bonds is 5. The highest BCUT2D eigenvalue weighted by Crippen LogP contribution is 2.60. The monoisotopic (exact) mass is 886 g/mol. The van der Waals surface area contributed by atoms with E-state index in [1.807, 2.05) is 0 Å². The summed E-state index contributed by atoms with van der Waals surface area (Å²) in [6.45, 7) is 4.87. The number of aryl methyl sites for hydroxylation is 2. The van der Waals surface area contributed by atoms with E-state index in [-0.39, 0.29) is 0 Å². The van der Waals surface area contributed by atoms with Crippen molar-refractivity contribution in [2.24, 2.45) is 13.3 Å². The van der Waals surface area contributed by atoms with Crippen molar-refractivity contribution in [1.82, 2.24) is 0 Å². The normalized spacial score (nSPS) is 13.6. The van der Waals surface area contributed by atoms with Gasteiger partial charge < -0.3 is 0 Å². The minimum absolute atomic E-state index is 0.460. The van der Waals surface area contributed by atoms with Crippen molar-refractivity contribution in [3.8, 4) is 44.5 Å². The summed E-state index contributed by atoms with van der Waals surface area (Å²) in [5.41, 5.74) is 15.0. The van der Waals surface area contributed by atoms with Crippen LogP contribution >= 0.6 is 15.1 Å². The molecule has 14 rings (SSSR count). The van der Waals surface area contributed by atoms with Crippen LogP contribution in [-0.4, -0.2) is 0 Å². The molecule has 13 aromatic rings. The highest BCUT2D eigenvalue weighted by molar-refractivity contribution is 7.60. The molecule has 314 valence electrons.